The molecule has 2 amide bonds. The van der Waals surface area contributed by atoms with Crippen molar-refractivity contribution in [3.05, 3.63) is 46.8 Å². The van der Waals surface area contributed by atoms with E-state index in [2.05, 4.69) is 20.6 Å². The third-order valence-electron chi connectivity index (χ3n) is 3.53. The minimum Gasteiger partial charge on any atom is -0.445 e. The number of aromatic nitrogens is 3. The van der Waals surface area contributed by atoms with Gasteiger partial charge in [0.15, 0.2) is 5.66 Å². The first-order chi connectivity index (χ1) is 11.4. The number of fused-ring (bicyclic) bond motifs is 1. The van der Waals surface area contributed by atoms with Crippen LogP contribution in [0.25, 0.3) is 0 Å². The second-order valence-electron chi connectivity index (χ2n) is 5.33. The van der Waals surface area contributed by atoms with Crippen LogP contribution in [0.5, 0.6) is 0 Å². The second kappa shape index (κ2) is 5.65. The molecule has 124 valence electrons. The first kappa shape index (κ1) is 15.5. The highest BCUT2D eigenvalue weighted by Crippen LogP contribution is 2.23. The number of carbonyl (C=O) groups is 2. The Labute approximate surface area is 135 Å². The molecule has 3 heterocycles. The lowest BCUT2D eigenvalue weighted by molar-refractivity contribution is 0.0759. The predicted octanol–water partition coefficient (Wildman–Crippen LogP) is -0.107. The van der Waals surface area contributed by atoms with Crippen LogP contribution in [-0.4, -0.2) is 33.1 Å². The smallest absolute Gasteiger partial charge is 0.404 e. The molecule has 24 heavy (non-hydrogen) atoms. The molecule has 4 N–H and O–H groups in total. The van der Waals surface area contributed by atoms with Gasteiger partial charge in [-0.15, -0.1) is 0 Å². The maximum atomic E-state index is 12.8. The van der Waals surface area contributed by atoms with Crippen LogP contribution in [0.2, 0.25) is 0 Å². The number of nitrogens with one attached hydrogen (secondary N) is 2. The molecule has 3 rings (SSSR count). The lowest BCUT2D eigenvalue weighted by Crippen LogP contribution is -2.49. The van der Waals surface area contributed by atoms with E-state index in [4.69, 9.17) is 10.5 Å². The summed E-state index contributed by atoms with van der Waals surface area (Å²) in [6, 6.07) is 4.57. The summed E-state index contributed by atoms with van der Waals surface area (Å²) in [4.78, 5) is 43.5. The van der Waals surface area contributed by atoms with Gasteiger partial charge in [0.2, 0.25) is 0 Å². The molecule has 0 radical (unpaired) electrons. The zero-order valence-electron chi connectivity index (χ0n) is 12.6. The average molecular weight is 330 g/mol. The predicted molar refractivity (Wildman–Crippen MR) is 82.7 cm³/mol. The molecule has 10 nitrogen and oxygen atoms in total. The van der Waals surface area contributed by atoms with Crippen molar-refractivity contribution in [2.24, 2.45) is 5.73 Å². The monoisotopic (exact) mass is 330 g/mol. The molecule has 0 saturated heterocycles. The van der Waals surface area contributed by atoms with E-state index in [1.54, 1.807) is 13.0 Å². The number of nitrogens with zero attached hydrogens (tertiary/aromatic N) is 3. The van der Waals surface area contributed by atoms with Crippen LogP contribution < -0.4 is 21.9 Å². The average Bonchev–Trinajstić information content (AvgIpc) is 2.81. The molecule has 1 atom stereocenters. The Balaban J connectivity index is 2.01. The fourth-order valence-electron chi connectivity index (χ4n) is 2.48. The highest BCUT2D eigenvalue weighted by molar-refractivity contribution is 5.95. The number of amides is 2. The van der Waals surface area contributed by atoms with Crippen LogP contribution in [0.1, 0.15) is 17.4 Å². The van der Waals surface area contributed by atoms with Crippen LogP contribution in [0.15, 0.2) is 35.5 Å². The summed E-state index contributed by atoms with van der Waals surface area (Å²) >= 11 is 0. The van der Waals surface area contributed by atoms with Crippen molar-refractivity contribution in [1.29, 1.82) is 0 Å². The summed E-state index contributed by atoms with van der Waals surface area (Å²) in [6.45, 7) is 1.28. The number of hydrogen-bond acceptors (Lipinski definition) is 7. The summed E-state index contributed by atoms with van der Waals surface area (Å²) < 4.78 is 5.99. The zero-order valence-corrected chi connectivity index (χ0v) is 12.6. The van der Waals surface area contributed by atoms with Gasteiger partial charge in [0.05, 0.1) is 0 Å². The molecule has 2 aromatic rings. The number of anilines is 2. The minimum absolute atomic E-state index is 0.156. The molecule has 1 unspecified atom stereocenters. The summed E-state index contributed by atoms with van der Waals surface area (Å²) in [5.41, 5.74) is 3.62. The maximum Gasteiger partial charge on any atom is 0.404 e. The largest absolute Gasteiger partial charge is 0.445 e. The van der Waals surface area contributed by atoms with Crippen LogP contribution >= 0.6 is 0 Å². The topological polar surface area (TPSA) is 141 Å². The van der Waals surface area contributed by atoms with E-state index >= 15 is 0 Å². The fourth-order valence-corrected chi connectivity index (χ4v) is 2.48. The Kier molecular flexibility index (Phi) is 3.64. The fraction of sp³-hybridized carbons (Fsp3) is 0.214. The zero-order chi connectivity index (χ0) is 17.3. The van der Waals surface area contributed by atoms with Gasteiger partial charge in [-0.05, 0) is 25.1 Å². The van der Waals surface area contributed by atoms with Crippen molar-refractivity contribution in [1.82, 2.24) is 19.9 Å². The first-order valence-corrected chi connectivity index (χ1v) is 6.95. The summed E-state index contributed by atoms with van der Waals surface area (Å²) in [7, 11) is 0. The Bertz CT molecular complexity index is 865. The minimum atomic E-state index is -1.23. The van der Waals surface area contributed by atoms with Gasteiger partial charge in [0, 0.05) is 6.20 Å². The molecule has 0 spiro atoms. The van der Waals surface area contributed by atoms with Crippen molar-refractivity contribution in [3.63, 3.8) is 0 Å². The molecule has 0 aromatic carbocycles. The van der Waals surface area contributed by atoms with Crippen LogP contribution in [0.3, 0.4) is 0 Å². The molecular formula is C14H14N6O4. The molecule has 0 fully saturated rings. The van der Waals surface area contributed by atoms with Gasteiger partial charge in [0.25, 0.3) is 11.5 Å². The van der Waals surface area contributed by atoms with Crippen LogP contribution in [-0.2, 0) is 10.4 Å². The van der Waals surface area contributed by atoms with Crippen LogP contribution in [0, 0.1) is 0 Å². The third-order valence-corrected chi connectivity index (χ3v) is 3.53. The van der Waals surface area contributed by atoms with E-state index in [9.17, 15) is 14.4 Å². The highest BCUT2D eigenvalue weighted by Gasteiger charge is 2.41. The van der Waals surface area contributed by atoms with Crippen molar-refractivity contribution < 1.29 is 14.3 Å². The summed E-state index contributed by atoms with van der Waals surface area (Å²) in [5.74, 6) is -0.0220. The highest BCUT2D eigenvalue weighted by atomic mass is 16.5. The van der Waals surface area contributed by atoms with Crippen LogP contribution in [0.4, 0.5) is 16.3 Å². The Hall–Kier alpha value is -3.43. The molecule has 2 aromatic heterocycles. The SMILES string of the molecule is CC1(COC(N)=O)NC(=O)c2ccc(Nc3ccncn3)c(=O)n21. The Morgan fingerprint density at radius 2 is 2.21 bits per heavy atom. The number of rotatable bonds is 4. The van der Waals surface area contributed by atoms with Gasteiger partial charge in [-0.25, -0.2) is 14.8 Å². The molecule has 0 aliphatic carbocycles. The van der Waals surface area contributed by atoms with Gasteiger partial charge in [-0.2, -0.15) is 0 Å². The van der Waals surface area contributed by atoms with Crippen molar-refractivity contribution >= 4 is 23.5 Å². The molecular weight excluding hydrogens is 316 g/mol. The third kappa shape index (κ3) is 2.64. The normalized spacial score (nSPS) is 18.6. The number of primary amides is 1. The van der Waals surface area contributed by atoms with E-state index in [0.29, 0.717) is 5.82 Å². The van der Waals surface area contributed by atoms with E-state index in [1.165, 1.54) is 29.2 Å². The number of pyridine rings is 1. The number of nitrogens with two attached hydrogens (primary N) is 1. The van der Waals surface area contributed by atoms with E-state index in [0.717, 1.165) is 0 Å². The lowest BCUT2D eigenvalue weighted by atomic mass is 10.2. The van der Waals surface area contributed by atoms with Crippen molar-refractivity contribution in [3.8, 4) is 0 Å². The molecule has 0 saturated carbocycles. The van der Waals surface area contributed by atoms with Gasteiger partial charge in [0.1, 0.15) is 30.1 Å². The first-order valence-electron chi connectivity index (χ1n) is 6.95. The molecule has 1 aliphatic rings. The summed E-state index contributed by atoms with van der Waals surface area (Å²) in [6.07, 6.45) is 1.86. The number of ether oxygens (including phenoxy) is 1. The lowest BCUT2D eigenvalue weighted by Gasteiger charge is -2.26. The Morgan fingerprint density at radius 1 is 1.42 bits per heavy atom. The number of hydrogen-bond donors (Lipinski definition) is 3. The van der Waals surface area contributed by atoms with Crippen molar-refractivity contribution in [2.75, 3.05) is 11.9 Å². The summed E-state index contributed by atoms with van der Waals surface area (Å²) in [5, 5.41) is 5.48. The maximum absolute atomic E-state index is 12.8. The van der Waals surface area contributed by atoms with E-state index in [1.807, 2.05) is 0 Å². The second-order valence-corrected chi connectivity index (χ2v) is 5.33. The van der Waals surface area contributed by atoms with Gasteiger partial charge >= 0.3 is 6.09 Å². The van der Waals surface area contributed by atoms with Gasteiger partial charge in [-0.1, -0.05) is 0 Å². The van der Waals surface area contributed by atoms with Gasteiger partial charge < -0.3 is 21.1 Å². The molecule has 1 aliphatic heterocycles. The van der Waals surface area contributed by atoms with Gasteiger partial charge in [-0.3, -0.25) is 14.2 Å². The molecule has 0 bridgehead atoms. The molecule has 10 heteroatoms. The van der Waals surface area contributed by atoms with E-state index < -0.39 is 23.2 Å². The number of carbonyl (C=O) groups excluding carboxylic acids is 2. The van der Waals surface area contributed by atoms with E-state index in [-0.39, 0.29) is 18.0 Å². The van der Waals surface area contributed by atoms with Crippen molar-refractivity contribution in [2.45, 2.75) is 12.6 Å². The Morgan fingerprint density at radius 3 is 2.88 bits per heavy atom. The standard InChI is InChI=1S/C14H14N6O4/c1-14(6-24-13(15)23)19-11(21)9-3-2-8(12(22)20(9)14)18-10-4-5-16-7-17-10/h2-5,7H,6H2,1H3,(H2,15,23)(H,19,21)(H,16,17,18). The quantitative estimate of drug-likeness (QED) is 0.710.